The molecule has 1 aromatic rings. The Balaban J connectivity index is 0.00000225. The second-order valence-electron chi connectivity index (χ2n) is 7.95. The topological polar surface area (TPSA) is 69.7 Å². The smallest absolute Gasteiger partial charge is 0.239 e. The van der Waals surface area contributed by atoms with E-state index in [1.807, 2.05) is 29.2 Å². The molecule has 0 spiro atoms. The lowest BCUT2D eigenvalue weighted by molar-refractivity contribution is -0.136. The third-order valence-electron chi connectivity index (χ3n) is 6.19. The Kier molecular flexibility index (Phi) is 6.89. The summed E-state index contributed by atoms with van der Waals surface area (Å²) in [6, 6.07) is 7.71. The Morgan fingerprint density at radius 3 is 2.57 bits per heavy atom. The van der Waals surface area contributed by atoms with Gasteiger partial charge in [-0.15, -0.1) is 12.4 Å². The van der Waals surface area contributed by atoms with Crippen molar-refractivity contribution in [3.05, 3.63) is 29.8 Å². The maximum Gasteiger partial charge on any atom is 0.239 e. The molecular weight excluding hydrogens is 398 g/mol. The van der Waals surface area contributed by atoms with Gasteiger partial charge in [-0.1, -0.05) is 31.0 Å². The van der Waals surface area contributed by atoms with Crippen LogP contribution in [0, 0.1) is 5.92 Å². The van der Waals surface area contributed by atoms with Crippen molar-refractivity contribution in [2.75, 3.05) is 30.5 Å². The monoisotopic (exact) mass is 427 g/mol. The van der Waals surface area contributed by atoms with Crippen molar-refractivity contribution in [2.24, 2.45) is 5.92 Å². The van der Waals surface area contributed by atoms with E-state index in [9.17, 15) is 13.2 Å². The normalized spacial score (nSPS) is 23.6. The van der Waals surface area contributed by atoms with Crippen LogP contribution in [-0.2, 0) is 21.4 Å². The van der Waals surface area contributed by atoms with Gasteiger partial charge in [-0.05, 0) is 37.3 Å². The summed E-state index contributed by atoms with van der Waals surface area (Å²) in [5, 5.41) is 2.79. The average Bonchev–Trinajstić information content (AvgIpc) is 3.14. The van der Waals surface area contributed by atoms with Crippen molar-refractivity contribution in [2.45, 2.75) is 50.3 Å². The van der Waals surface area contributed by atoms with Gasteiger partial charge < -0.3 is 10.2 Å². The second-order valence-corrected chi connectivity index (χ2v) is 10.1. The first-order valence-electron chi connectivity index (χ1n) is 10.2. The Hall–Kier alpha value is -1.31. The number of fused-ring (bicyclic) bond motifs is 1. The van der Waals surface area contributed by atoms with E-state index in [1.54, 1.807) is 4.31 Å². The lowest BCUT2D eigenvalue weighted by Gasteiger charge is -2.37. The number of nitrogens with one attached hydrogen (secondary N) is 1. The van der Waals surface area contributed by atoms with Crippen LogP contribution >= 0.6 is 12.4 Å². The summed E-state index contributed by atoms with van der Waals surface area (Å²) in [7, 11) is -3.51. The minimum Gasteiger partial charge on any atom is -0.341 e. The zero-order valence-electron chi connectivity index (χ0n) is 16.2. The summed E-state index contributed by atoms with van der Waals surface area (Å²) < 4.78 is 28.6. The molecule has 156 valence electrons. The summed E-state index contributed by atoms with van der Waals surface area (Å²) in [6.07, 6.45) is 5.53. The summed E-state index contributed by atoms with van der Waals surface area (Å²) >= 11 is 0. The minimum atomic E-state index is -3.51. The molecule has 2 heterocycles. The van der Waals surface area contributed by atoms with E-state index >= 15 is 0 Å². The molecule has 8 heteroatoms. The molecule has 1 saturated carbocycles. The summed E-state index contributed by atoms with van der Waals surface area (Å²) in [5.74, 6) is 0.278. The van der Waals surface area contributed by atoms with Crippen LogP contribution in [0.4, 0.5) is 5.69 Å². The maximum absolute atomic E-state index is 13.5. The molecule has 0 bridgehead atoms. The van der Waals surface area contributed by atoms with Crippen LogP contribution in [0.25, 0.3) is 0 Å². The van der Waals surface area contributed by atoms with Gasteiger partial charge in [-0.25, -0.2) is 8.42 Å². The molecule has 1 unspecified atom stereocenters. The number of sulfonamides is 1. The van der Waals surface area contributed by atoms with E-state index in [0.717, 1.165) is 43.4 Å². The highest BCUT2D eigenvalue weighted by molar-refractivity contribution is 7.93. The molecule has 1 N–H and O–H groups in total. The molecule has 3 aliphatic rings. The molecule has 2 fully saturated rings. The van der Waals surface area contributed by atoms with Crippen LogP contribution in [0.2, 0.25) is 0 Å². The Bertz CT molecular complexity index is 796. The van der Waals surface area contributed by atoms with Gasteiger partial charge in [0.1, 0.15) is 0 Å². The van der Waals surface area contributed by atoms with Gasteiger partial charge in [-0.2, -0.15) is 0 Å². The first kappa shape index (κ1) is 21.4. The van der Waals surface area contributed by atoms with E-state index in [4.69, 9.17) is 0 Å². The maximum atomic E-state index is 13.5. The van der Waals surface area contributed by atoms with Gasteiger partial charge >= 0.3 is 0 Å². The Morgan fingerprint density at radius 2 is 1.79 bits per heavy atom. The van der Waals surface area contributed by atoms with Gasteiger partial charge in [0.2, 0.25) is 15.9 Å². The zero-order chi connectivity index (χ0) is 18.9. The van der Waals surface area contributed by atoms with Crippen molar-refractivity contribution in [1.29, 1.82) is 0 Å². The third kappa shape index (κ3) is 4.16. The fourth-order valence-corrected chi connectivity index (χ4v) is 6.68. The molecule has 0 radical (unpaired) electrons. The van der Waals surface area contributed by atoms with Gasteiger partial charge in [0, 0.05) is 38.6 Å². The van der Waals surface area contributed by atoms with Crippen LogP contribution in [0.15, 0.2) is 24.3 Å². The fourth-order valence-electron chi connectivity index (χ4n) is 4.68. The fraction of sp³-hybridized carbons (Fsp3) is 0.650. The molecule has 1 aromatic carbocycles. The van der Waals surface area contributed by atoms with Crippen LogP contribution < -0.4 is 9.62 Å². The average molecular weight is 428 g/mol. The first-order chi connectivity index (χ1) is 13.1. The van der Waals surface area contributed by atoms with Crippen molar-refractivity contribution >= 4 is 34.0 Å². The second kappa shape index (κ2) is 9.01. The number of hydrogen-bond donors (Lipinski definition) is 1. The zero-order valence-corrected chi connectivity index (χ0v) is 17.8. The van der Waals surface area contributed by atoms with Crippen molar-refractivity contribution in [3.63, 3.8) is 0 Å². The number of amides is 1. The summed E-state index contributed by atoms with van der Waals surface area (Å²) in [4.78, 5) is 14.6. The molecule has 1 saturated heterocycles. The highest BCUT2D eigenvalue weighted by atomic mass is 35.5. The van der Waals surface area contributed by atoms with Crippen LogP contribution in [-0.4, -0.2) is 50.7 Å². The standard InChI is InChI=1S/C20H29N3O3S.ClH/c24-20(16-6-1-2-7-16)22-12-5-9-18(15-22)27(25,26)23-13-11-21-14-17-8-3-4-10-19(17)23;/h3-4,8,10,16,18,21H,1-2,5-7,9,11-15H2;1H. The van der Waals surface area contributed by atoms with Gasteiger partial charge in [0.15, 0.2) is 0 Å². The van der Waals surface area contributed by atoms with Gasteiger partial charge in [-0.3, -0.25) is 9.10 Å². The van der Waals surface area contributed by atoms with E-state index in [1.165, 1.54) is 0 Å². The number of anilines is 1. The Morgan fingerprint density at radius 1 is 1.04 bits per heavy atom. The summed E-state index contributed by atoms with van der Waals surface area (Å²) in [5.41, 5.74) is 1.79. The van der Waals surface area contributed by atoms with Crippen LogP contribution in [0.1, 0.15) is 44.1 Å². The number of rotatable bonds is 3. The van der Waals surface area contributed by atoms with E-state index in [0.29, 0.717) is 39.1 Å². The molecule has 1 aliphatic carbocycles. The molecule has 1 amide bonds. The molecule has 4 rings (SSSR count). The molecule has 0 aromatic heterocycles. The summed E-state index contributed by atoms with van der Waals surface area (Å²) in [6.45, 7) is 2.78. The number of carbonyl (C=O) groups is 1. The largest absolute Gasteiger partial charge is 0.341 e. The predicted molar refractivity (Wildman–Crippen MR) is 113 cm³/mol. The quantitative estimate of drug-likeness (QED) is 0.804. The van der Waals surface area contributed by atoms with E-state index in [2.05, 4.69) is 5.32 Å². The number of benzene rings is 1. The Labute approximate surface area is 174 Å². The molecule has 2 aliphatic heterocycles. The lowest BCUT2D eigenvalue weighted by atomic mass is 10.0. The molecule has 28 heavy (non-hydrogen) atoms. The van der Waals surface area contributed by atoms with Crippen molar-refractivity contribution < 1.29 is 13.2 Å². The SMILES string of the molecule is Cl.O=C(C1CCCC1)N1CCCC(S(=O)(=O)N2CCNCc3ccccc32)C1. The minimum absolute atomic E-state index is 0. The molecular formula is C20H30ClN3O3S. The first-order valence-corrected chi connectivity index (χ1v) is 11.7. The van der Waals surface area contributed by atoms with Gasteiger partial charge in [0.25, 0.3) is 0 Å². The lowest BCUT2D eigenvalue weighted by Crippen LogP contribution is -2.51. The highest BCUT2D eigenvalue weighted by Gasteiger charge is 2.39. The van der Waals surface area contributed by atoms with Gasteiger partial charge in [0.05, 0.1) is 10.9 Å². The number of carbonyl (C=O) groups excluding carboxylic acids is 1. The van der Waals surface area contributed by atoms with Crippen LogP contribution in [0.5, 0.6) is 0 Å². The highest BCUT2D eigenvalue weighted by Crippen LogP contribution is 2.31. The third-order valence-corrected chi connectivity index (χ3v) is 8.41. The number of hydrogen-bond acceptors (Lipinski definition) is 4. The molecule has 6 nitrogen and oxygen atoms in total. The number of para-hydroxylation sites is 1. The number of halogens is 1. The molecule has 1 atom stereocenters. The van der Waals surface area contributed by atoms with Crippen molar-refractivity contribution in [3.8, 4) is 0 Å². The van der Waals surface area contributed by atoms with E-state index < -0.39 is 15.3 Å². The number of piperidine rings is 1. The van der Waals surface area contributed by atoms with Crippen molar-refractivity contribution in [1.82, 2.24) is 10.2 Å². The van der Waals surface area contributed by atoms with E-state index in [-0.39, 0.29) is 24.2 Å². The van der Waals surface area contributed by atoms with Crippen LogP contribution in [0.3, 0.4) is 0 Å². The predicted octanol–water partition coefficient (Wildman–Crippen LogP) is 2.53. The number of likely N-dealkylation sites (tertiary alicyclic amines) is 1. The number of nitrogens with zero attached hydrogens (tertiary/aromatic N) is 2.